The van der Waals surface area contributed by atoms with Crippen molar-refractivity contribution in [2.45, 2.75) is 13.3 Å². The first-order chi connectivity index (χ1) is 16.0. The fraction of sp³-hybridized carbons (Fsp3) is 0.115. The van der Waals surface area contributed by atoms with Gasteiger partial charge in [-0.15, -0.1) is 0 Å². The first-order valence-corrected chi connectivity index (χ1v) is 11.4. The lowest BCUT2D eigenvalue weighted by Crippen LogP contribution is -2.40. The Labute approximate surface area is 197 Å². The van der Waals surface area contributed by atoms with Gasteiger partial charge in [-0.1, -0.05) is 23.7 Å². The second-order valence-electron chi connectivity index (χ2n) is 8.25. The molecule has 5 rings (SSSR count). The van der Waals surface area contributed by atoms with E-state index >= 15 is 4.32 Å². The number of hydrogen-bond acceptors (Lipinski definition) is 2. The lowest BCUT2D eigenvalue weighted by atomic mass is 9.90. The van der Waals surface area contributed by atoms with E-state index in [1.54, 1.807) is 16.6 Å². The number of hydrogen-bond donors (Lipinski definition) is 1. The molecule has 0 aliphatic carbocycles. The number of aromatic nitrogens is 1. The number of rotatable bonds is 6. The number of fused-ring (bicyclic) bond motifs is 2. The van der Waals surface area contributed by atoms with Gasteiger partial charge in [-0.2, -0.15) is 0 Å². The van der Waals surface area contributed by atoms with Gasteiger partial charge in [0, 0.05) is 34.0 Å². The zero-order valence-corrected chi connectivity index (χ0v) is 19.1. The lowest BCUT2D eigenvalue weighted by Gasteiger charge is -2.29. The standard InChI is InChI=1S/C26H24BClFN3O/c1-18-17-21(32-26(18)24(14-15-30)25-3-2-16-31(25)27(32)29)9-4-19-5-10-22(11-6-19)33-23-12-7-20(28)8-13-23/h2-13,16-17,27H,14-15,30H2,1H3/b9-4+. The van der Waals surface area contributed by atoms with Crippen LogP contribution in [0.3, 0.4) is 0 Å². The zero-order valence-electron chi connectivity index (χ0n) is 18.3. The Bertz CT molecular complexity index is 1320. The van der Waals surface area contributed by atoms with Crippen LogP contribution in [0.15, 0.2) is 90.3 Å². The topological polar surface area (TPSA) is 43.2 Å². The molecule has 3 aromatic rings. The lowest BCUT2D eigenvalue weighted by molar-refractivity contribution is -0.335. The van der Waals surface area contributed by atoms with Crippen LogP contribution in [0.5, 0.6) is 11.5 Å². The highest BCUT2D eigenvalue weighted by Gasteiger charge is 2.37. The molecule has 1 atom stereocenters. The average Bonchev–Trinajstić information content (AvgIpc) is 3.43. The Hall–Kier alpha value is -3.35. The summed E-state index contributed by atoms with van der Waals surface area (Å²) >= 11 is 5.92. The number of nitrogens with zero attached hydrogens (tertiary/aromatic N) is 2. The predicted octanol–water partition coefficient (Wildman–Crippen LogP) is 5.67. The van der Waals surface area contributed by atoms with Crippen LogP contribution in [0.1, 0.15) is 24.6 Å². The van der Waals surface area contributed by atoms with Crippen molar-refractivity contribution in [1.29, 1.82) is 0 Å². The van der Waals surface area contributed by atoms with Gasteiger partial charge >= 0.3 is 7.26 Å². The van der Waals surface area contributed by atoms with Crippen molar-refractivity contribution >= 4 is 36.2 Å². The summed E-state index contributed by atoms with van der Waals surface area (Å²) in [4.78, 5) is 0. The van der Waals surface area contributed by atoms with Gasteiger partial charge in [0.05, 0.1) is 0 Å². The molecule has 33 heavy (non-hydrogen) atoms. The summed E-state index contributed by atoms with van der Waals surface area (Å²) < 4.78 is 25.0. The van der Waals surface area contributed by atoms with Crippen LogP contribution < -0.4 is 10.5 Å². The summed E-state index contributed by atoms with van der Waals surface area (Å²) in [7, 11) is -2.26. The summed E-state index contributed by atoms with van der Waals surface area (Å²) in [5.74, 6) is 1.46. The van der Waals surface area contributed by atoms with Gasteiger partial charge in [-0.05, 0) is 86.3 Å². The molecular formula is C26H24BClFN3O. The van der Waals surface area contributed by atoms with Crippen LogP contribution >= 0.6 is 11.6 Å². The van der Waals surface area contributed by atoms with E-state index in [2.05, 4.69) is 0 Å². The van der Waals surface area contributed by atoms with Crippen molar-refractivity contribution in [2.24, 2.45) is 5.73 Å². The number of nitrogens with two attached hydrogens (primary N) is 1. The quantitative estimate of drug-likeness (QED) is 0.483. The molecule has 3 heterocycles. The molecule has 0 saturated heterocycles. The highest BCUT2D eigenvalue weighted by molar-refractivity contribution is 6.43. The number of ether oxygens (including phenoxy) is 1. The Morgan fingerprint density at radius 3 is 2.45 bits per heavy atom. The average molecular weight is 460 g/mol. The Balaban J connectivity index is 1.42. The van der Waals surface area contributed by atoms with Gasteiger partial charge < -0.3 is 23.8 Å². The minimum atomic E-state index is -2.26. The first-order valence-electron chi connectivity index (χ1n) is 11.0. The van der Waals surface area contributed by atoms with Crippen molar-refractivity contribution in [3.63, 3.8) is 0 Å². The Morgan fingerprint density at radius 1 is 1.06 bits per heavy atom. The van der Waals surface area contributed by atoms with Crippen LogP contribution in [-0.2, 0) is 0 Å². The molecule has 7 heteroatoms. The minimum absolute atomic E-state index is 0.521. The van der Waals surface area contributed by atoms with Crippen molar-refractivity contribution in [3.05, 3.63) is 107 Å². The predicted molar refractivity (Wildman–Crippen MR) is 135 cm³/mol. The minimum Gasteiger partial charge on any atom is -0.457 e. The van der Waals surface area contributed by atoms with E-state index in [-0.39, 0.29) is 0 Å². The Kier molecular flexibility index (Phi) is 5.79. The summed E-state index contributed by atoms with van der Waals surface area (Å²) in [6, 6.07) is 18.9. The van der Waals surface area contributed by atoms with Crippen LogP contribution in [0.25, 0.3) is 11.6 Å². The molecule has 1 unspecified atom stereocenters. The monoisotopic (exact) mass is 459 g/mol. The molecule has 166 valence electrons. The van der Waals surface area contributed by atoms with Crippen molar-refractivity contribution in [2.75, 3.05) is 6.54 Å². The summed E-state index contributed by atoms with van der Waals surface area (Å²) in [6.07, 6.45) is 8.54. The molecule has 0 amide bonds. The summed E-state index contributed by atoms with van der Waals surface area (Å²) in [6.45, 7) is 2.56. The van der Waals surface area contributed by atoms with Crippen LogP contribution in [0.2, 0.25) is 5.02 Å². The molecule has 1 aromatic heterocycles. The smallest absolute Gasteiger partial charge is 0.457 e. The van der Waals surface area contributed by atoms with Gasteiger partial charge in [-0.3, -0.25) is 0 Å². The second kappa shape index (κ2) is 8.89. The van der Waals surface area contributed by atoms with Gasteiger partial charge in [0.2, 0.25) is 0 Å². The molecule has 4 nitrogen and oxygen atoms in total. The SMILES string of the molecule is CC1=CC(/C=C/c2ccc(Oc3ccc(Cl)cc3)cc2)=[N+]2[BH-](F)n3cccc3C(CCN)=C12. The fourth-order valence-corrected chi connectivity index (χ4v) is 4.70. The third-order valence-electron chi connectivity index (χ3n) is 6.06. The van der Waals surface area contributed by atoms with E-state index in [1.165, 1.54) is 0 Å². The molecule has 2 N–H and O–H groups in total. The second-order valence-corrected chi connectivity index (χ2v) is 8.68. The maximum atomic E-state index is 15.6. The number of halogens is 2. The molecule has 0 radical (unpaired) electrons. The molecular weight excluding hydrogens is 436 g/mol. The number of benzene rings is 2. The summed E-state index contributed by atoms with van der Waals surface area (Å²) in [5, 5.41) is 0.670. The maximum Gasteiger partial charge on any atom is 0.536 e. The van der Waals surface area contributed by atoms with E-state index in [0.29, 0.717) is 18.0 Å². The highest BCUT2D eigenvalue weighted by Crippen LogP contribution is 2.36. The van der Waals surface area contributed by atoms with E-state index in [0.717, 1.165) is 45.3 Å². The molecule has 0 spiro atoms. The van der Waals surface area contributed by atoms with Crippen molar-refractivity contribution in [3.8, 4) is 11.5 Å². The van der Waals surface area contributed by atoms with Crippen LogP contribution in [0.4, 0.5) is 4.32 Å². The maximum absolute atomic E-state index is 15.6. The molecule has 0 fully saturated rings. The van der Waals surface area contributed by atoms with E-state index in [9.17, 15) is 0 Å². The molecule has 2 aromatic carbocycles. The first kappa shape index (κ1) is 21.5. The van der Waals surface area contributed by atoms with Gasteiger partial charge in [0.25, 0.3) is 0 Å². The van der Waals surface area contributed by atoms with Gasteiger partial charge in [-0.25, -0.2) is 0 Å². The van der Waals surface area contributed by atoms with E-state index in [1.807, 2.05) is 84.4 Å². The Morgan fingerprint density at radius 2 is 1.76 bits per heavy atom. The molecule has 2 aliphatic heterocycles. The number of allylic oxidation sites excluding steroid dienone is 3. The van der Waals surface area contributed by atoms with Crippen LogP contribution in [0, 0.1) is 0 Å². The van der Waals surface area contributed by atoms with E-state index < -0.39 is 7.26 Å². The summed E-state index contributed by atoms with van der Waals surface area (Å²) in [5.41, 5.74) is 11.8. The highest BCUT2D eigenvalue weighted by atomic mass is 35.5. The van der Waals surface area contributed by atoms with Crippen molar-refractivity contribution in [1.82, 2.24) is 4.48 Å². The normalized spacial score (nSPS) is 17.5. The third kappa shape index (κ3) is 4.08. The third-order valence-corrected chi connectivity index (χ3v) is 6.31. The van der Waals surface area contributed by atoms with Gasteiger partial charge in [0.15, 0.2) is 11.4 Å². The van der Waals surface area contributed by atoms with Gasteiger partial charge in [0.1, 0.15) is 11.5 Å². The fourth-order valence-electron chi connectivity index (χ4n) is 4.58. The van der Waals surface area contributed by atoms with E-state index in [4.69, 9.17) is 22.1 Å². The zero-order chi connectivity index (χ0) is 22.9. The van der Waals surface area contributed by atoms with Crippen molar-refractivity contribution < 1.29 is 13.5 Å². The largest absolute Gasteiger partial charge is 0.536 e. The molecule has 2 aliphatic rings. The molecule has 0 saturated carbocycles. The van der Waals surface area contributed by atoms with Crippen LogP contribution in [-0.4, -0.2) is 28.5 Å². The molecule has 0 bridgehead atoms.